The minimum absolute atomic E-state index is 0.0742. The van der Waals surface area contributed by atoms with E-state index in [1.54, 1.807) is 24.3 Å². The average Bonchev–Trinajstić information content (AvgIpc) is 2.86. The zero-order valence-corrected chi connectivity index (χ0v) is 21.2. The minimum Gasteiger partial charge on any atom is -0.207 e. The molecule has 0 amide bonds. The fourth-order valence-corrected chi connectivity index (χ4v) is 6.46. The van der Waals surface area contributed by atoms with Crippen LogP contribution in [0.3, 0.4) is 0 Å². The smallest absolute Gasteiger partial charge is 0.166 e. The Bertz CT molecular complexity index is 1050. The molecule has 4 atom stereocenters. The van der Waals surface area contributed by atoms with Gasteiger partial charge in [-0.25, -0.2) is 13.2 Å². The Morgan fingerprint density at radius 2 is 1.54 bits per heavy atom. The maximum Gasteiger partial charge on any atom is 0.166 e. The molecular weight excluding hydrogens is 441 g/mol. The Balaban J connectivity index is 1.44. The molecule has 0 aliphatic heterocycles. The molecule has 2 aromatic rings. The zero-order chi connectivity index (χ0) is 24.8. The lowest BCUT2D eigenvalue weighted by Gasteiger charge is -2.42. The second kappa shape index (κ2) is 12.1. The third kappa shape index (κ3) is 6.11. The summed E-state index contributed by atoms with van der Waals surface area (Å²) < 4.78 is 45.1. The van der Waals surface area contributed by atoms with Gasteiger partial charge in [-0.1, -0.05) is 55.0 Å². The largest absolute Gasteiger partial charge is 0.207 e. The summed E-state index contributed by atoms with van der Waals surface area (Å²) in [4.78, 5) is 0. The molecule has 2 aliphatic carbocycles. The van der Waals surface area contributed by atoms with Gasteiger partial charge in [0.2, 0.25) is 0 Å². The predicted molar refractivity (Wildman–Crippen MR) is 140 cm³/mol. The van der Waals surface area contributed by atoms with Gasteiger partial charge in [-0.3, -0.25) is 0 Å². The Morgan fingerprint density at radius 1 is 0.800 bits per heavy atom. The van der Waals surface area contributed by atoms with Crippen LogP contribution in [0.4, 0.5) is 13.2 Å². The van der Waals surface area contributed by atoms with Crippen LogP contribution in [0.1, 0.15) is 88.7 Å². The molecule has 35 heavy (non-hydrogen) atoms. The fraction of sp³-hybridized carbons (Fsp3) is 0.500. The van der Waals surface area contributed by atoms with Gasteiger partial charge in [-0.2, -0.15) is 0 Å². The predicted octanol–water partition coefficient (Wildman–Crippen LogP) is 9.94. The topological polar surface area (TPSA) is 0 Å². The lowest BCUT2D eigenvalue weighted by atomic mass is 9.63. The Hall–Kier alpha value is -2.29. The van der Waals surface area contributed by atoms with Crippen molar-refractivity contribution in [3.05, 3.63) is 83.2 Å². The lowest BCUT2D eigenvalue weighted by Crippen LogP contribution is -2.30. The average molecular weight is 481 g/mol. The van der Waals surface area contributed by atoms with Gasteiger partial charge in [0, 0.05) is 5.56 Å². The summed E-state index contributed by atoms with van der Waals surface area (Å²) in [6, 6.07) is 8.12. The van der Waals surface area contributed by atoms with Crippen molar-refractivity contribution in [2.24, 2.45) is 17.8 Å². The van der Waals surface area contributed by atoms with Crippen molar-refractivity contribution in [1.29, 1.82) is 0 Å². The Morgan fingerprint density at radius 3 is 2.31 bits per heavy atom. The SMILES string of the molecule is C/C=C/CCc1ccc(-c2ccc(C3CCC4CC(CC/C=C/C)CCC4C3)c(F)c2F)cc1F. The third-order valence-corrected chi connectivity index (χ3v) is 8.43. The monoisotopic (exact) mass is 480 g/mol. The first-order chi connectivity index (χ1) is 17.0. The summed E-state index contributed by atoms with van der Waals surface area (Å²) in [7, 11) is 0. The van der Waals surface area contributed by atoms with E-state index < -0.39 is 11.6 Å². The number of benzene rings is 2. The molecule has 0 nitrogen and oxygen atoms in total. The molecule has 188 valence electrons. The molecule has 2 aliphatic rings. The van der Waals surface area contributed by atoms with Crippen molar-refractivity contribution in [1.82, 2.24) is 0 Å². The van der Waals surface area contributed by atoms with Crippen LogP contribution in [0, 0.1) is 35.2 Å². The zero-order valence-electron chi connectivity index (χ0n) is 21.2. The van der Waals surface area contributed by atoms with E-state index in [9.17, 15) is 4.39 Å². The second-order valence-electron chi connectivity index (χ2n) is 10.6. The number of allylic oxidation sites excluding steroid dienone is 4. The standard InChI is InChI=1S/C32H39F3/c1-3-5-7-9-22-11-12-25-20-26(16-14-24(25)19-22)28-17-18-29(32(35)31(28)34)27-15-13-23(30(33)21-27)10-8-6-4-2/h3-6,13,15,17-18,21-22,24-26H,7-12,14,16,19-20H2,1-2H3/b5-3+,6-4+. The number of halogens is 3. The molecule has 3 heteroatoms. The first-order valence-corrected chi connectivity index (χ1v) is 13.5. The summed E-state index contributed by atoms with van der Waals surface area (Å²) in [5, 5.41) is 0. The highest BCUT2D eigenvalue weighted by molar-refractivity contribution is 5.65. The highest BCUT2D eigenvalue weighted by atomic mass is 19.2. The van der Waals surface area contributed by atoms with Gasteiger partial charge in [0.25, 0.3) is 0 Å². The van der Waals surface area contributed by atoms with Crippen molar-refractivity contribution in [3.8, 4) is 11.1 Å². The van der Waals surface area contributed by atoms with Crippen LogP contribution in [-0.2, 0) is 6.42 Å². The molecule has 0 heterocycles. The van der Waals surface area contributed by atoms with Gasteiger partial charge in [0.15, 0.2) is 11.6 Å². The van der Waals surface area contributed by atoms with Crippen molar-refractivity contribution in [3.63, 3.8) is 0 Å². The maximum atomic E-state index is 15.3. The van der Waals surface area contributed by atoms with Crippen LogP contribution in [0.15, 0.2) is 54.6 Å². The molecule has 0 radical (unpaired) electrons. The van der Waals surface area contributed by atoms with Crippen LogP contribution in [-0.4, -0.2) is 0 Å². The van der Waals surface area contributed by atoms with E-state index >= 15 is 8.78 Å². The molecule has 2 saturated carbocycles. The lowest BCUT2D eigenvalue weighted by molar-refractivity contribution is 0.114. The van der Waals surface area contributed by atoms with E-state index in [1.807, 2.05) is 19.1 Å². The van der Waals surface area contributed by atoms with E-state index in [2.05, 4.69) is 19.1 Å². The Kier molecular flexibility index (Phi) is 8.92. The highest BCUT2D eigenvalue weighted by Crippen LogP contribution is 2.49. The molecular formula is C32H39F3. The first kappa shape index (κ1) is 25.8. The van der Waals surface area contributed by atoms with Crippen molar-refractivity contribution < 1.29 is 13.2 Å². The van der Waals surface area contributed by atoms with Crippen LogP contribution >= 0.6 is 0 Å². The summed E-state index contributed by atoms with van der Waals surface area (Å²) >= 11 is 0. The summed E-state index contributed by atoms with van der Waals surface area (Å²) in [6.45, 7) is 4.01. The molecule has 2 aromatic carbocycles. The second-order valence-corrected chi connectivity index (χ2v) is 10.6. The quantitative estimate of drug-likeness (QED) is 0.330. The van der Waals surface area contributed by atoms with Crippen molar-refractivity contribution in [2.45, 2.75) is 84.0 Å². The molecule has 0 N–H and O–H groups in total. The fourth-order valence-electron chi connectivity index (χ4n) is 6.46. The number of aryl methyl sites for hydroxylation is 1. The molecule has 0 spiro atoms. The maximum absolute atomic E-state index is 15.3. The van der Waals surface area contributed by atoms with Crippen molar-refractivity contribution in [2.75, 3.05) is 0 Å². The summed E-state index contributed by atoms with van der Waals surface area (Å²) in [5.74, 6) is 0.282. The van der Waals surface area contributed by atoms with E-state index in [0.717, 1.165) is 37.5 Å². The van der Waals surface area contributed by atoms with Crippen LogP contribution in [0.5, 0.6) is 0 Å². The third-order valence-electron chi connectivity index (χ3n) is 8.43. The Labute approximate surface area is 209 Å². The van der Waals surface area contributed by atoms with Crippen LogP contribution in [0.2, 0.25) is 0 Å². The summed E-state index contributed by atoms with van der Waals surface area (Å²) in [6.07, 6.45) is 18.9. The van der Waals surface area contributed by atoms with Gasteiger partial charge in [0.05, 0.1) is 0 Å². The van der Waals surface area contributed by atoms with Gasteiger partial charge in [-0.05, 0) is 118 Å². The van der Waals surface area contributed by atoms with Gasteiger partial charge < -0.3 is 0 Å². The van der Waals surface area contributed by atoms with Gasteiger partial charge in [-0.15, -0.1) is 0 Å². The van der Waals surface area contributed by atoms with Crippen LogP contribution in [0.25, 0.3) is 11.1 Å². The van der Waals surface area contributed by atoms with Crippen molar-refractivity contribution >= 4 is 0 Å². The molecule has 4 unspecified atom stereocenters. The molecule has 0 aromatic heterocycles. The molecule has 0 bridgehead atoms. The van der Waals surface area contributed by atoms with E-state index in [1.165, 1.54) is 38.2 Å². The number of hydrogen-bond acceptors (Lipinski definition) is 0. The first-order valence-electron chi connectivity index (χ1n) is 13.5. The molecule has 2 fully saturated rings. The van der Waals surface area contributed by atoms with E-state index in [4.69, 9.17) is 0 Å². The van der Waals surface area contributed by atoms with Gasteiger partial charge in [0.1, 0.15) is 5.82 Å². The minimum atomic E-state index is -0.849. The highest BCUT2D eigenvalue weighted by Gasteiger charge is 2.37. The number of hydrogen-bond donors (Lipinski definition) is 0. The number of fused-ring (bicyclic) bond motifs is 1. The van der Waals surface area contributed by atoms with E-state index in [0.29, 0.717) is 29.0 Å². The molecule has 4 rings (SSSR count). The normalized spacial score (nSPS) is 24.8. The summed E-state index contributed by atoms with van der Waals surface area (Å²) in [5.41, 5.74) is 1.63. The molecule has 0 saturated heterocycles. The number of rotatable bonds is 8. The van der Waals surface area contributed by atoms with Crippen LogP contribution < -0.4 is 0 Å². The van der Waals surface area contributed by atoms with Gasteiger partial charge >= 0.3 is 0 Å². The van der Waals surface area contributed by atoms with E-state index in [-0.39, 0.29) is 17.3 Å².